The van der Waals surface area contributed by atoms with E-state index in [1.165, 1.54) is 18.4 Å². The van der Waals surface area contributed by atoms with Gasteiger partial charge in [-0.2, -0.15) is 0 Å². The molecule has 0 saturated carbocycles. The second-order valence-electron chi connectivity index (χ2n) is 6.75. The lowest BCUT2D eigenvalue weighted by molar-refractivity contribution is -0.151. The van der Waals surface area contributed by atoms with Crippen LogP contribution in [0.25, 0.3) is 10.4 Å². The summed E-state index contributed by atoms with van der Waals surface area (Å²) in [6.07, 6.45) is 0.402. The molecule has 1 fully saturated rings. The molecule has 0 aliphatic carbocycles. The molecule has 0 spiro atoms. The van der Waals surface area contributed by atoms with Gasteiger partial charge in [0.1, 0.15) is 17.8 Å². The normalized spacial score (nSPS) is 21.0. The molecule has 26 heavy (non-hydrogen) atoms. The van der Waals surface area contributed by atoms with E-state index in [9.17, 15) is 14.7 Å². The van der Waals surface area contributed by atoms with Gasteiger partial charge in [0, 0.05) is 36.2 Å². The Bertz CT molecular complexity index is 877. The number of carboxylic acid groups (broad SMARTS) is 1. The number of benzene rings is 1. The number of carbonyl (C=O) groups is 2. The summed E-state index contributed by atoms with van der Waals surface area (Å²) in [5, 5.41) is 9.57. The minimum atomic E-state index is -1.02. The number of carboxylic acids is 1. The summed E-state index contributed by atoms with van der Waals surface area (Å²) in [4.78, 5) is 27.9. The van der Waals surface area contributed by atoms with Gasteiger partial charge in [-0.05, 0) is 24.6 Å². The fourth-order valence-electron chi connectivity index (χ4n) is 3.64. The van der Waals surface area contributed by atoms with Crippen LogP contribution in [0.5, 0.6) is 5.75 Å². The second kappa shape index (κ2) is 6.41. The molecule has 0 radical (unpaired) electrons. The Hall–Kier alpha value is -2.38. The van der Waals surface area contributed by atoms with Crippen molar-refractivity contribution in [2.75, 3.05) is 26.8 Å². The first-order valence-corrected chi connectivity index (χ1v) is 9.22. The number of amides is 1. The van der Waals surface area contributed by atoms with Gasteiger partial charge in [-0.3, -0.25) is 9.59 Å². The van der Waals surface area contributed by atoms with Crippen molar-refractivity contribution in [2.24, 2.45) is 5.41 Å². The van der Waals surface area contributed by atoms with E-state index < -0.39 is 11.4 Å². The molecular weight excluding hydrogens is 354 g/mol. The number of hydrogen-bond donors (Lipinski definition) is 1. The molecular formula is C19H19NO5S. The largest absolute Gasteiger partial charge is 0.488 e. The number of ether oxygens (including phenoxy) is 2. The van der Waals surface area contributed by atoms with Gasteiger partial charge in [-0.15, -0.1) is 11.3 Å². The summed E-state index contributed by atoms with van der Waals surface area (Å²) < 4.78 is 10.8. The van der Waals surface area contributed by atoms with Crippen molar-refractivity contribution in [2.45, 2.75) is 13.0 Å². The van der Waals surface area contributed by atoms with Gasteiger partial charge in [0.05, 0.1) is 11.5 Å². The molecule has 1 unspecified atom stereocenters. The smallest absolute Gasteiger partial charge is 0.313 e. The van der Waals surface area contributed by atoms with Crippen molar-refractivity contribution in [3.05, 3.63) is 40.8 Å². The van der Waals surface area contributed by atoms with Crippen LogP contribution in [0, 0.1) is 5.41 Å². The van der Waals surface area contributed by atoms with Crippen molar-refractivity contribution in [3.8, 4) is 16.2 Å². The number of thiophene rings is 1. The highest BCUT2D eigenvalue weighted by Crippen LogP contribution is 2.43. The average molecular weight is 373 g/mol. The van der Waals surface area contributed by atoms with E-state index in [1.54, 1.807) is 4.90 Å². The first kappa shape index (κ1) is 17.1. The van der Waals surface area contributed by atoms with Crippen LogP contribution in [-0.4, -0.2) is 48.7 Å². The first-order chi connectivity index (χ1) is 12.5. The molecule has 1 aromatic heterocycles. The quantitative estimate of drug-likeness (QED) is 0.892. The number of methoxy groups -OCH3 is 1. The summed E-state index contributed by atoms with van der Waals surface area (Å²) >= 11 is 1.44. The van der Waals surface area contributed by atoms with Gasteiger partial charge in [-0.25, -0.2) is 0 Å². The molecule has 4 rings (SSSR count). The number of aliphatic carboxylic acids is 1. The molecule has 2 aliphatic heterocycles. The molecule has 2 aliphatic rings. The third kappa shape index (κ3) is 2.68. The summed E-state index contributed by atoms with van der Waals surface area (Å²) in [6, 6.07) is 9.66. The molecule has 2 aromatic rings. The van der Waals surface area contributed by atoms with Crippen LogP contribution in [0.1, 0.15) is 21.7 Å². The van der Waals surface area contributed by atoms with Crippen molar-refractivity contribution in [1.82, 2.24) is 4.90 Å². The highest BCUT2D eigenvalue weighted by molar-refractivity contribution is 7.17. The van der Waals surface area contributed by atoms with Crippen LogP contribution in [-0.2, 0) is 16.1 Å². The first-order valence-electron chi connectivity index (χ1n) is 8.40. The molecule has 136 valence electrons. The van der Waals surface area contributed by atoms with E-state index in [-0.39, 0.29) is 19.1 Å². The van der Waals surface area contributed by atoms with E-state index in [0.29, 0.717) is 24.4 Å². The van der Waals surface area contributed by atoms with E-state index in [0.717, 1.165) is 21.8 Å². The van der Waals surface area contributed by atoms with Gasteiger partial charge in [-0.1, -0.05) is 12.1 Å². The minimum Gasteiger partial charge on any atom is -0.488 e. The molecule has 1 atom stereocenters. The number of fused-ring (bicyclic) bond motifs is 3. The maximum atomic E-state index is 13.0. The molecule has 0 bridgehead atoms. The maximum Gasteiger partial charge on any atom is 0.313 e. The zero-order chi connectivity index (χ0) is 18.3. The standard InChI is InChI=1S/C19H19NO5S/c1-24-11-19(18(22)23)6-7-20(10-19)17(21)15-8-12-9-25-14-5-3-2-4-13(14)16(12)26-15/h2-5,8H,6-7,9-11H2,1H3,(H,22,23). The van der Waals surface area contributed by atoms with Crippen LogP contribution >= 0.6 is 11.3 Å². The van der Waals surface area contributed by atoms with Gasteiger partial charge in [0.15, 0.2) is 0 Å². The molecule has 1 saturated heterocycles. The number of carbonyl (C=O) groups excluding carboxylic acids is 1. The molecule has 7 heteroatoms. The number of rotatable bonds is 4. The number of para-hydroxylation sites is 1. The van der Waals surface area contributed by atoms with Crippen molar-refractivity contribution in [3.63, 3.8) is 0 Å². The molecule has 1 aromatic carbocycles. The van der Waals surface area contributed by atoms with E-state index in [2.05, 4.69) is 0 Å². The lowest BCUT2D eigenvalue weighted by Crippen LogP contribution is -2.40. The van der Waals surface area contributed by atoms with Gasteiger partial charge in [0.25, 0.3) is 5.91 Å². The van der Waals surface area contributed by atoms with E-state index in [1.807, 2.05) is 30.3 Å². The monoisotopic (exact) mass is 373 g/mol. The third-order valence-electron chi connectivity index (χ3n) is 5.05. The summed E-state index contributed by atoms with van der Waals surface area (Å²) in [5.41, 5.74) is 0.980. The molecule has 6 nitrogen and oxygen atoms in total. The van der Waals surface area contributed by atoms with Crippen LogP contribution in [0.15, 0.2) is 30.3 Å². The number of hydrogen-bond acceptors (Lipinski definition) is 5. The Morgan fingerprint density at radius 2 is 2.19 bits per heavy atom. The highest BCUT2D eigenvalue weighted by atomic mass is 32.1. The average Bonchev–Trinajstić information content (AvgIpc) is 3.27. The zero-order valence-electron chi connectivity index (χ0n) is 14.4. The van der Waals surface area contributed by atoms with Crippen molar-refractivity contribution in [1.29, 1.82) is 0 Å². The Kier molecular flexibility index (Phi) is 4.20. The number of likely N-dealkylation sites (tertiary alicyclic amines) is 1. The summed E-state index contributed by atoms with van der Waals surface area (Å²) in [6.45, 7) is 1.14. The fraction of sp³-hybridized carbons (Fsp3) is 0.368. The zero-order valence-corrected chi connectivity index (χ0v) is 15.2. The Balaban J connectivity index is 1.60. The number of nitrogens with zero attached hydrogens (tertiary/aromatic N) is 1. The fourth-order valence-corrected chi connectivity index (χ4v) is 4.80. The summed E-state index contributed by atoms with van der Waals surface area (Å²) in [5.74, 6) is -0.212. The lowest BCUT2D eigenvalue weighted by Gasteiger charge is -2.23. The summed E-state index contributed by atoms with van der Waals surface area (Å²) in [7, 11) is 1.49. The SMILES string of the molecule is COCC1(C(=O)O)CCN(C(=O)c2cc3c(s2)-c2ccccc2OC3)C1. The topological polar surface area (TPSA) is 76.1 Å². The van der Waals surface area contributed by atoms with Crippen LogP contribution in [0.2, 0.25) is 0 Å². The molecule has 1 amide bonds. The van der Waals surface area contributed by atoms with E-state index in [4.69, 9.17) is 9.47 Å². The molecule has 1 N–H and O–H groups in total. The Morgan fingerprint density at radius 3 is 2.96 bits per heavy atom. The van der Waals surface area contributed by atoms with Gasteiger partial charge in [0.2, 0.25) is 0 Å². The molecule has 3 heterocycles. The lowest BCUT2D eigenvalue weighted by atomic mass is 9.88. The predicted octanol–water partition coefficient (Wildman–Crippen LogP) is 2.87. The van der Waals surface area contributed by atoms with Gasteiger partial charge >= 0.3 is 5.97 Å². The second-order valence-corrected chi connectivity index (χ2v) is 7.80. The van der Waals surface area contributed by atoms with Crippen LogP contribution in [0.4, 0.5) is 0 Å². The van der Waals surface area contributed by atoms with E-state index >= 15 is 0 Å². The van der Waals surface area contributed by atoms with Gasteiger partial charge < -0.3 is 19.5 Å². The Morgan fingerprint density at radius 1 is 1.38 bits per heavy atom. The maximum absolute atomic E-state index is 13.0. The predicted molar refractivity (Wildman–Crippen MR) is 96.6 cm³/mol. The van der Waals surface area contributed by atoms with Crippen LogP contribution < -0.4 is 4.74 Å². The third-order valence-corrected chi connectivity index (χ3v) is 6.25. The highest BCUT2D eigenvalue weighted by Gasteiger charge is 2.46. The van der Waals surface area contributed by atoms with Crippen molar-refractivity contribution < 1.29 is 24.2 Å². The van der Waals surface area contributed by atoms with Crippen molar-refractivity contribution >= 4 is 23.2 Å². The van der Waals surface area contributed by atoms with Crippen LogP contribution in [0.3, 0.4) is 0 Å². The minimum absolute atomic E-state index is 0.105. The Labute approximate surface area is 155 Å².